The molecule has 1 aromatic heterocycles. The summed E-state index contributed by atoms with van der Waals surface area (Å²) in [5.41, 5.74) is 7.84. The Morgan fingerprint density at radius 1 is 1.12 bits per heavy atom. The molecule has 8 nitrogen and oxygen atoms in total. The largest absolute Gasteiger partial charge is 0.508 e. The summed E-state index contributed by atoms with van der Waals surface area (Å²) in [7, 11) is 1.48. The average Bonchev–Trinajstić information content (AvgIpc) is 3.50. The number of methoxy groups -OCH3 is 1. The fraction of sp³-hybridized carbons (Fsp3) is 0.261. The van der Waals surface area contributed by atoms with Gasteiger partial charge in [0.05, 0.1) is 36.5 Å². The summed E-state index contributed by atoms with van der Waals surface area (Å²) in [6.45, 7) is 0.291. The Morgan fingerprint density at radius 3 is 2.62 bits per heavy atom. The molecule has 2 fully saturated rings. The number of aromatic hydroxyl groups is 2. The SMILES string of the molecule is COc1cc(C2C3C(NNC3c3ccccc3O)C(=O)N2Cc2ccco2)cc(Br)c1O. The van der Waals surface area contributed by atoms with Crippen LogP contribution in [0.1, 0.15) is 29.0 Å². The molecule has 2 aromatic carbocycles. The van der Waals surface area contributed by atoms with E-state index in [-0.39, 0.29) is 35.4 Å². The topological polar surface area (TPSA) is 107 Å². The van der Waals surface area contributed by atoms with Gasteiger partial charge >= 0.3 is 0 Å². The highest BCUT2D eigenvalue weighted by Gasteiger charge is 2.56. The first kappa shape index (κ1) is 20.9. The van der Waals surface area contributed by atoms with Crippen LogP contribution in [-0.2, 0) is 11.3 Å². The number of carbonyl (C=O) groups excluding carboxylic acids is 1. The second-order valence-electron chi connectivity index (χ2n) is 7.92. The lowest BCUT2D eigenvalue weighted by Crippen LogP contribution is -2.41. The van der Waals surface area contributed by atoms with E-state index in [9.17, 15) is 15.0 Å². The minimum absolute atomic E-state index is 0.00497. The molecule has 9 heteroatoms. The zero-order chi connectivity index (χ0) is 22.4. The number of para-hydroxylation sites is 1. The molecule has 3 aromatic rings. The Balaban J connectivity index is 1.63. The number of amides is 1. The van der Waals surface area contributed by atoms with Crippen LogP contribution in [0.4, 0.5) is 0 Å². The van der Waals surface area contributed by atoms with Gasteiger partial charge in [-0.3, -0.25) is 4.79 Å². The molecule has 0 saturated carbocycles. The third kappa shape index (κ3) is 3.33. The van der Waals surface area contributed by atoms with Gasteiger partial charge in [0.15, 0.2) is 11.5 Å². The summed E-state index contributed by atoms with van der Waals surface area (Å²) < 4.78 is 11.4. The van der Waals surface area contributed by atoms with Crippen molar-refractivity contribution in [1.29, 1.82) is 0 Å². The van der Waals surface area contributed by atoms with Crippen molar-refractivity contribution in [3.05, 3.63) is 76.2 Å². The quantitative estimate of drug-likeness (QED) is 0.426. The van der Waals surface area contributed by atoms with Gasteiger partial charge in [-0.25, -0.2) is 10.9 Å². The number of ether oxygens (including phenoxy) is 1. The molecule has 0 radical (unpaired) electrons. The summed E-state index contributed by atoms with van der Waals surface area (Å²) in [6, 6.07) is 13.1. The van der Waals surface area contributed by atoms with E-state index in [0.29, 0.717) is 28.1 Å². The highest BCUT2D eigenvalue weighted by Crippen LogP contribution is 2.50. The van der Waals surface area contributed by atoms with Crippen LogP contribution in [0.3, 0.4) is 0 Å². The first-order valence-electron chi connectivity index (χ1n) is 10.2. The highest BCUT2D eigenvalue weighted by atomic mass is 79.9. The van der Waals surface area contributed by atoms with Gasteiger partial charge in [0.1, 0.15) is 17.6 Å². The third-order valence-corrected chi connectivity index (χ3v) is 6.81. The molecule has 4 N–H and O–H groups in total. The molecule has 1 amide bonds. The second kappa shape index (κ2) is 8.16. The summed E-state index contributed by atoms with van der Waals surface area (Å²) in [6.07, 6.45) is 1.58. The molecule has 2 aliphatic rings. The Kier molecular flexibility index (Phi) is 5.32. The molecule has 2 saturated heterocycles. The van der Waals surface area contributed by atoms with Gasteiger partial charge in [-0.2, -0.15) is 0 Å². The monoisotopic (exact) mass is 499 g/mol. The predicted molar refractivity (Wildman–Crippen MR) is 119 cm³/mol. The fourth-order valence-corrected chi connectivity index (χ4v) is 5.24. The first-order chi connectivity index (χ1) is 15.5. The number of hydrazine groups is 1. The molecule has 32 heavy (non-hydrogen) atoms. The molecular weight excluding hydrogens is 478 g/mol. The molecule has 3 heterocycles. The predicted octanol–water partition coefficient (Wildman–Crippen LogP) is 3.38. The lowest BCUT2D eigenvalue weighted by molar-refractivity contribution is -0.131. The summed E-state index contributed by atoms with van der Waals surface area (Å²) in [5.74, 6) is 0.806. The fourth-order valence-electron chi connectivity index (χ4n) is 4.78. The Morgan fingerprint density at radius 2 is 1.91 bits per heavy atom. The van der Waals surface area contributed by atoms with Gasteiger partial charge in [-0.1, -0.05) is 18.2 Å². The van der Waals surface area contributed by atoms with Crippen molar-refractivity contribution >= 4 is 21.8 Å². The lowest BCUT2D eigenvalue weighted by atomic mass is 9.83. The number of benzene rings is 2. The van der Waals surface area contributed by atoms with Crippen LogP contribution >= 0.6 is 15.9 Å². The van der Waals surface area contributed by atoms with E-state index in [1.807, 2.05) is 18.2 Å². The van der Waals surface area contributed by atoms with Gasteiger partial charge in [0, 0.05) is 11.5 Å². The van der Waals surface area contributed by atoms with Crippen molar-refractivity contribution in [2.45, 2.75) is 24.7 Å². The Labute approximate surface area is 192 Å². The first-order valence-corrected chi connectivity index (χ1v) is 11.0. The maximum atomic E-state index is 13.5. The summed E-state index contributed by atoms with van der Waals surface area (Å²) >= 11 is 3.40. The van der Waals surface area contributed by atoms with Gasteiger partial charge < -0.3 is 24.3 Å². The molecular formula is C23H22BrN3O5. The maximum Gasteiger partial charge on any atom is 0.242 e. The molecule has 4 atom stereocenters. The number of rotatable bonds is 5. The van der Waals surface area contributed by atoms with Gasteiger partial charge in [0.2, 0.25) is 5.91 Å². The number of hydrogen-bond acceptors (Lipinski definition) is 7. The van der Waals surface area contributed by atoms with Gasteiger partial charge in [-0.15, -0.1) is 0 Å². The smallest absolute Gasteiger partial charge is 0.242 e. The number of nitrogens with zero attached hydrogens (tertiary/aromatic N) is 1. The second-order valence-corrected chi connectivity index (χ2v) is 8.78. The van der Waals surface area contributed by atoms with E-state index in [2.05, 4.69) is 26.8 Å². The summed E-state index contributed by atoms with van der Waals surface area (Å²) in [5, 5.41) is 20.8. The minimum Gasteiger partial charge on any atom is -0.508 e. The van der Waals surface area contributed by atoms with Crippen LogP contribution in [0.2, 0.25) is 0 Å². The standard InChI is InChI=1S/C23H22BrN3O5/c1-31-17-10-12(9-15(24)22(17)29)21-18-19(14-6-2-3-7-16(14)28)25-26-20(18)23(30)27(21)11-13-5-4-8-32-13/h2-10,18-21,25-26,28-29H,11H2,1H3. The zero-order valence-corrected chi connectivity index (χ0v) is 18.7. The van der Waals surface area contributed by atoms with Crippen molar-refractivity contribution in [2.24, 2.45) is 5.92 Å². The van der Waals surface area contributed by atoms with Crippen molar-refractivity contribution in [1.82, 2.24) is 15.8 Å². The number of phenolic OH excluding ortho intramolecular Hbond substituents is 2. The van der Waals surface area contributed by atoms with E-state index in [1.165, 1.54) is 7.11 Å². The Hall–Kier alpha value is -3.01. The van der Waals surface area contributed by atoms with Gasteiger partial charge in [0.25, 0.3) is 0 Å². The number of nitrogens with one attached hydrogen (secondary N) is 2. The number of halogens is 1. The van der Waals surface area contributed by atoms with E-state index >= 15 is 0 Å². The number of phenols is 2. The van der Waals surface area contributed by atoms with Crippen LogP contribution in [-0.4, -0.2) is 34.2 Å². The third-order valence-electron chi connectivity index (χ3n) is 6.20. The molecule has 4 unspecified atom stereocenters. The number of hydrogen-bond donors (Lipinski definition) is 4. The molecule has 0 bridgehead atoms. The normalized spacial score (nSPS) is 24.7. The number of fused-ring (bicyclic) bond motifs is 1. The van der Waals surface area contributed by atoms with Crippen LogP contribution < -0.4 is 15.6 Å². The van der Waals surface area contributed by atoms with Crippen molar-refractivity contribution in [2.75, 3.05) is 7.11 Å². The van der Waals surface area contributed by atoms with E-state index in [4.69, 9.17) is 9.15 Å². The van der Waals surface area contributed by atoms with Crippen molar-refractivity contribution in [3.63, 3.8) is 0 Å². The number of carbonyl (C=O) groups is 1. The van der Waals surface area contributed by atoms with E-state index < -0.39 is 6.04 Å². The Bertz CT molecular complexity index is 1150. The molecule has 166 valence electrons. The number of likely N-dealkylation sites (tertiary alicyclic amines) is 1. The van der Waals surface area contributed by atoms with Crippen molar-refractivity contribution < 1.29 is 24.2 Å². The van der Waals surface area contributed by atoms with E-state index in [0.717, 1.165) is 5.56 Å². The van der Waals surface area contributed by atoms with Crippen LogP contribution in [0, 0.1) is 5.92 Å². The molecule has 2 aliphatic heterocycles. The molecule has 0 spiro atoms. The average molecular weight is 500 g/mol. The van der Waals surface area contributed by atoms with Crippen molar-refractivity contribution in [3.8, 4) is 17.2 Å². The van der Waals surface area contributed by atoms with E-state index in [1.54, 1.807) is 41.5 Å². The van der Waals surface area contributed by atoms with Crippen LogP contribution in [0.5, 0.6) is 17.2 Å². The van der Waals surface area contributed by atoms with Crippen LogP contribution in [0.25, 0.3) is 0 Å². The summed E-state index contributed by atoms with van der Waals surface area (Å²) in [4.78, 5) is 15.3. The van der Waals surface area contributed by atoms with Gasteiger partial charge in [-0.05, 0) is 51.8 Å². The minimum atomic E-state index is -0.502. The molecule has 0 aliphatic carbocycles. The lowest BCUT2D eigenvalue weighted by Gasteiger charge is -2.31. The molecule has 5 rings (SSSR count). The van der Waals surface area contributed by atoms with Crippen LogP contribution in [0.15, 0.2) is 63.7 Å². The number of furan rings is 1. The highest BCUT2D eigenvalue weighted by molar-refractivity contribution is 9.10. The maximum absolute atomic E-state index is 13.5. The zero-order valence-electron chi connectivity index (χ0n) is 17.2.